The molecular formula is C44H28N2S. The van der Waals surface area contributed by atoms with Gasteiger partial charge in [0.15, 0.2) is 0 Å². The molecule has 2 nitrogen and oxygen atoms in total. The van der Waals surface area contributed by atoms with Gasteiger partial charge in [-0.15, -0.1) is 11.3 Å². The molecule has 0 saturated heterocycles. The highest BCUT2D eigenvalue weighted by Crippen LogP contribution is 2.48. The molecule has 0 aliphatic rings. The normalized spacial score (nSPS) is 11.8. The number of hydrogen-bond donors (Lipinski definition) is 0. The van der Waals surface area contributed by atoms with Crippen LogP contribution in [0.25, 0.3) is 69.6 Å². The lowest BCUT2D eigenvalue weighted by molar-refractivity contribution is 1.19. The Bertz CT molecular complexity index is 2670. The molecule has 0 spiro atoms. The summed E-state index contributed by atoms with van der Waals surface area (Å²) >= 11 is 1.90. The van der Waals surface area contributed by atoms with Gasteiger partial charge in [0.1, 0.15) is 0 Å². The molecule has 47 heavy (non-hydrogen) atoms. The fraction of sp³-hybridized carbons (Fsp3) is 0. The third-order valence-electron chi connectivity index (χ3n) is 9.46. The lowest BCUT2D eigenvalue weighted by Crippen LogP contribution is -2.09. The maximum absolute atomic E-state index is 2.51. The molecule has 10 aromatic rings. The third-order valence-corrected chi connectivity index (χ3v) is 10.7. The minimum absolute atomic E-state index is 1.14. The second-order valence-electron chi connectivity index (χ2n) is 12.2. The highest BCUT2D eigenvalue weighted by molar-refractivity contribution is 7.26. The third kappa shape index (κ3) is 4.04. The zero-order valence-corrected chi connectivity index (χ0v) is 26.3. The van der Waals surface area contributed by atoms with Crippen molar-refractivity contribution < 1.29 is 0 Å². The highest BCUT2D eigenvalue weighted by Gasteiger charge is 2.23. The molecule has 8 aromatic carbocycles. The topological polar surface area (TPSA) is 8.17 Å². The first-order chi connectivity index (χ1) is 23.3. The standard InChI is InChI=1S/C44H28N2S/c1-5-13-29(14-6-1)32-25-30-21-22-31-26-38-37-28-36(45(33-15-7-2-8-16-33)34-17-9-3-10-18-34)23-24-40(37)47-44(38)43-42(31)41(30)39(27-32)46(43)35-19-11-4-12-20-35/h1-28H. The van der Waals surface area contributed by atoms with Crippen LogP contribution >= 0.6 is 11.3 Å². The first kappa shape index (κ1) is 26.3. The van der Waals surface area contributed by atoms with Gasteiger partial charge in [0.2, 0.25) is 0 Å². The van der Waals surface area contributed by atoms with Gasteiger partial charge in [-0.1, -0.05) is 97.1 Å². The summed E-state index contributed by atoms with van der Waals surface area (Å²) in [5, 5.41) is 7.81. The lowest BCUT2D eigenvalue weighted by Gasteiger charge is -2.25. The Morgan fingerprint density at radius 1 is 0.447 bits per heavy atom. The molecule has 0 unspecified atom stereocenters. The molecule has 0 aliphatic carbocycles. The smallest absolute Gasteiger partial charge is 0.0726 e. The summed E-state index contributed by atoms with van der Waals surface area (Å²) in [6.07, 6.45) is 0. The van der Waals surface area contributed by atoms with Crippen LogP contribution in [0.2, 0.25) is 0 Å². The van der Waals surface area contributed by atoms with Crippen molar-refractivity contribution in [2.24, 2.45) is 0 Å². The van der Waals surface area contributed by atoms with E-state index in [-0.39, 0.29) is 0 Å². The maximum Gasteiger partial charge on any atom is 0.0726 e. The Kier molecular flexibility index (Phi) is 5.78. The van der Waals surface area contributed by atoms with Crippen LogP contribution in [0.5, 0.6) is 0 Å². The van der Waals surface area contributed by atoms with Gasteiger partial charge in [-0.3, -0.25) is 0 Å². The summed E-state index contributed by atoms with van der Waals surface area (Å²) in [5.74, 6) is 0. The van der Waals surface area contributed by atoms with Crippen molar-refractivity contribution in [3.05, 3.63) is 170 Å². The summed E-state index contributed by atoms with van der Waals surface area (Å²) in [5.41, 5.74) is 9.63. The van der Waals surface area contributed by atoms with Gasteiger partial charge >= 0.3 is 0 Å². The zero-order valence-electron chi connectivity index (χ0n) is 25.5. The molecule has 0 atom stereocenters. The minimum Gasteiger partial charge on any atom is -0.310 e. The number of hydrogen-bond acceptors (Lipinski definition) is 2. The molecule has 0 saturated carbocycles. The van der Waals surface area contributed by atoms with Crippen molar-refractivity contribution in [3.8, 4) is 16.8 Å². The number of rotatable bonds is 5. The first-order valence-electron chi connectivity index (χ1n) is 16.0. The number of aromatic nitrogens is 1. The summed E-state index contributed by atoms with van der Waals surface area (Å²) < 4.78 is 5.13. The van der Waals surface area contributed by atoms with Crippen molar-refractivity contribution in [2.75, 3.05) is 4.90 Å². The molecule has 220 valence electrons. The summed E-state index contributed by atoms with van der Waals surface area (Å²) in [6.45, 7) is 0. The molecule has 0 N–H and O–H groups in total. The van der Waals surface area contributed by atoms with Crippen molar-refractivity contribution >= 4 is 81.1 Å². The highest BCUT2D eigenvalue weighted by atomic mass is 32.1. The van der Waals surface area contributed by atoms with Crippen molar-refractivity contribution in [1.82, 2.24) is 4.57 Å². The maximum atomic E-state index is 2.51. The number of fused-ring (bicyclic) bond motifs is 4. The SMILES string of the molecule is c1ccc(-c2cc3ccc4cc5c6cc(N(c7ccccc7)c7ccccc7)ccc6sc5c5c4c3c(c2)n5-c2ccccc2)cc1. The van der Waals surface area contributed by atoms with Gasteiger partial charge in [0.25, 0.3) is 0 Å². The van der Waals surface area contributed by atoms with E-state index in [9.17, 15) is 0 Å². The van der Waals surface area contributed by atoms with Crippen molar-refractivity contribution in [2.45, 2.75) is 0 Å². The van der Waals surface area contributed by atoms with E-state index < -0.39 is 0 Å². The molecule has 3 heteroatoms. The zero-order chi connectivity index (χ0) is 30.9. The van der Waals surface area contributed by atoms with Crippen LogP contribution in [0, 0.1) is 0 Å². The fourth-order valence-electron chi connectivity index (χ4n) is 7.42. The van der Waals surface area contributed by atoms with E-state index in [1.54, 1.807) is 0 Å². The predicted octanol–water partition coefficient (Wildman–Crippen LogP) is 12.9. The van der Waals surface area contributed by atoms with Gasteiger partial charge in [0.05, 0.1) is 15.7 Å². The van der Waals surface area contributed by atoms with Gasteiger partial charge in [-0.25, -0.2) is 0 Å². The van der Waals surface area contributed by atoms with Crippen LogP contribution in [0.3, 0.4) is 0 Å². The van der Waals surface area contributed by atoms with E-state index in [1.807, 2.05) is 11.3 Å². The van der Waals surface area contributed by atoms with Crippen LogP contribution < -0.4 is 4.90 Å². The van der Waals surface area contributed by atoms with Crippen LogP contribution in [0.15, 0.2) is 170 Å². The molecule has 0 amide bonds. The molecule has 2 heterocycles. The van der Waals surface area contributed by atoms with E-state index in [2.05, 4.69) is 179 Å². The Balaban J connectivity index is 1.30. The number of nitrogens with zero attached hydrogens (tertiary/aromatic N) is 2. The van der Waals surface area contributed by atoms with Crippen LogP contribution in [-0.2, 0) is 0 Å². The Hall–Kier alpha value is -5.90. The van der Waals surface area contributed by atoms with Gasteiger partial charge in [-0.05, 0) is 94.7 Å². The average molecular weight is 617 g/mol. The molecule has 0 bridgehead atoms. The number of thiophene rings is 1. The van der Waals surface area contributed by atoms with Crippen LogP contribution in [0.4, 0.5) is 17.1 Å². The molecule has 0 radical (unpaired) electrons. The number of anilines is 3. The Morgan fingerprint density at radius 3 is 1.74 bits per heavy atom. The Labute approximate surface area is 276 Å². The van der Waals surface area contributed by atoms with E-state index in [1.165, 1.54) is 69.6 Å². The average Bonchev–Trinajstić information content (AvgIpc) is 3.68. The lowest BCUT2D eigenvalue weighted by atomic mass is 9.96. The summed E-state index contributed by atoms with van der Waals surface area (Å²) in [7, 11) is 0. The second-order valence-corrected chi connectivity index (χ2v) is 13.2. The van der Waals surface area contributed by atoms with Gasteiger partial charge in [-0.2, -0.15) is 0 Å². The van der Waals surface area contributed by atoms with Crippen LogP contribution in [0.1, 0.15) is 0 Å². The fourth-order valence-corrected chi connectivity index (χ4v) is 8.62. The van der Waals surface area contributed by atoms with E-state index >= 15 is 0 Å². The van der Waals surface area contributed by atoms with E-state index in [4.69, 9.17) is 0 Å². The molecular weight excluding hydrogens is 589 g/mol. The summed E-state index contributed by atoms with van der Waals surface area (Å²) in [6, 6.07) is 61.7. The van der Waals surface area contributed by atoms with Gasteiger partial charge in [0, 0.05) is 49.0 Å². The minimum atomic E-state index is 1.14. The predicted molar refractivity (Wildman–Crippen MR) is 202 cm³/mol. The number of para-hydroxylation sites is 3. The molecule has 10 rings (SSSR count). The quantitative estimate of drug-likeness (QED) is 0.175. The summed E-state index contributed by atoms with van der Waals surface area (Å²) in [4.78, 5) is 2.35. The van der Waals surface area contributed by atoms with E-state index in [0.717, 1.165) is 17.1 Å². The Morgan fingerprint density at radius 2 is 1.06 bits per heavy atom. The monoisotopic (exact) mass is 616 g/mol. The number of benzene rings is 8. The van der Waals surface area contributed by atoms with Crippen LogP contribution in [-0.4, -0.2) is 4.57 Å². The van der Waals surface area contributed by atoms with Gasteiger partial charge < -0.3 is 9.47 Å². The molecule has 0 aliphatic heterocycles. The van der Waals surface area contributed by atoms with Crippen molar-refractivity contribution in [1.29, 1.82) is 0 Å². The van der Waals surface area contributed by atoms with E-state index in [0.29, 0.717) is 0 Å². The first-order valence-corrected chi connectivity index (χ1v) is 16.8. The molecule has 0 fully saturated rings. The second kappa shape index (κ2) is 10.3. The van der Waals surface area contributed by atoms with Crippen molar-refractivity contribution in [3.63, 3.8) is 0 Å². The largest absolute Gasteiger partial charge is 0.310 e. The molecule has 2 aromatic heterocycles.